The molecule has 0 aliphatic carbocycles. The molecule has 1 aromatic heterocycles. The lowest BCUT2D eigenvalue weighted by molar-refractivity contribution is -0.135. The van der Waals surface area contributed by atoms with Gasteiger partial charge in [0.05, 0.1) is 16.6 Å². The molecule has 0 saturated heterocycles. The summed E-state index contributed by atoms with van der Waals surface area (Å²) in [6.07, 6.45) is -4.99. The Hall–Kier alpha value is -1.37. The lowest BCUT2D eigenvalue weighted by Gasteiger charge is -2.09. The van der Waals surface area contributed by atoms with Crippen LogP contribution < -0.4 is 0 Å². The van der Waals surface area contributed by atoms with E-state index in [4.69, 9.17) is 0 Å². The van der Waals surface area contributed by atoms with Gasteiger partial charge < -0.3 is 5.11 Å². The van der Waals surface area contributed by atoms with Crippen LogP contribution in [-0.2, 0) is 6.42 Å². The summed E-state index contributed by atoms with van der Waals surface area (Å²) in [5, 5.41) is 10.2. The Balaban J connectivity index is 2.31. The molecule has 0 amide bonds. The first-order valence-electron chi connectivity index (χ1n) is 5.58. The molecule has 0 spiro atoms. The number of nitrogens with zero attached hydrogens (tertiary/aromatic N) is 2. The van der Waals surface area contributed by atoms with E-state index in [1.807, 2.05) is 0 Å². The number of hydrogen-bond acceptors (Lipinski definition) is 3. The molecular weight excluding hydrogens is 325 g/mol. The summed E-state index contributed by atoms with van der Waals surface area (Å²) in [7, 11) is 0. The van der Waals surface area contributed by atoms with Gasteiger partial charge in [-0.1, -0.05) is 6.07 Å². The fourth-order valence-corrected chi connectivity index (χ4v) is 2.25. The number of phenolic OH excluding ortho intramolecular Hbond substituents is 1. The average molecular weight is 335 g/mol. The maximum Gasteiger partial charge on any atom is 0.389 e. The van der Waals surface area contributed by atoms with E-state index in [0.717, 1.165) is 0 Å². The molecule has 0 bridgehead atoms. The minimum atomic E-state index is -4.18. The molecule has 1 N–H and O–H groups in total. The molecule has 0 saturated carbocycles. The number of aromatic nitrogens is 2. The van der Waals surface area contributed by atoms with Crippen molar-refractivity contribution < 1.29 is 18.3 Å². The lowest BCUT2D eigenvalue weighted by Crippen LogP contribution is -2.08. The van der Waals surface area contributed by atoms with Crippen LogP contribution >= 0.6 is 15.9 Å². The van der Waals surface area contributed by atoms with Gasteiger partial charge in [0.1, 0.15) is 5.75 Å². The Morgan fingerprint density at radius 2 is 1.95 bits per heavy atom. The van der Waals surface area contributed by atoms with Crippen molar-refractivity contribution in [1.29, 1.82) is 0 Å². The topological polar surface area (TPSA) is 46.0 Å². The van der Waals surface area contributed by atoms with Crippen LogP contribution in [0, 0.1) is 0 Å². The van der Waals surface area contributed by atoms with E-state index in [1.165, 1.54) is 6.07 Å². The van der Waals surface area contributed by atoms with E-state index in [0.29, 0.717) is 21.3 Å². The van der Waals surface area contributed by atoms with Gasteiger partial charge in [-0.2, -0.15) is 13.2 Å². The van der Waals surface area contributed by atoms with E-state index in [2.05, 4.69) is 25.9 Å². The molecular formula is C12H10BrF3N2O. The highest BCUT2D eigenvalue weighted by atomic mass is 79.9. The number of phenols is 1. The number of alkyl halides is 3. The van der Waals surface area contributed by atoms with Crippen LogP contribution in [0.25, 0.3) is 10.9 Å². The van der Waals surface area contributed by atoms with Crippen molar-refractivity contribution in [2.45, 2.75) is 25.4 Å². The summed E-state index contributed by atoms with van der Waals surface area (Å²) >= 11 is 3.11. The number of rotatable bonds is 3. The third kappa shape index (κ3) is 3.56. The van der Waals surface area contributed by atoms with Crippen molar-refractivity contribution >= 4 is 26.8 Å². The molecule has 102 valence electrons. The number of hydrogen-bond donors (Lipinski definition) is 1. The predicted octanol–water partition coefficient (Wildman–Crippen LogP) is 3.98. The van der Waals surface area contributed by atoms with E-state index in [1.54, 1.807) is 12.1 Å². The van der Waals surface area contributed by atoms with Crippen molar-refractivity contribution in [3.05, 3.63) is 28.6 Å². The van der Waals surface area contributed by atoms with E-state index >= 15 is 0 Å². The monoisotopic (exact) mass is 334 g/mol. The standard InChI is InChI=1S/C12H10BrF3N2O/c13-11-17-7-3-1-5-9(19)10(7)8(18-11)4-2-6-12(14,15)16/h1,3,5,19H,2,4,6H2. The first-order valence-corrected chi connectivity index (χ1v) is 6.37. The van der Waals surface area contributed by atoms with Crippen LogP contribution in [0.15, 0.2) is 22.9 Å². The summed E-state index contributed by atoms with van der Waals surface area (Å²) in [5.74, 6) is -0.0213. The fraction of sp³-hybridized carbons (Fsp3) is 0.333. The fourth-order valence-electron chi connectivity index (χ4n) is 1.85. The molecule has 2 aromatic rings. The van der Waals surface area contributed by atoms with Crippen LogP contribution in [-0.4, -0.2) is 21.3 Å². The quantitative estimate of drug-likeness (QED) is 0.863. The molecule has 3 nitrogen and oxygen atoms in total. The molecule has 0 unspecified atom stereocenters. The minimum absolute atomic E-state index is 0.0213. The van der Waals surface area contributed by atoms with E-state index in [9.17, 15) is 18.3 Å². The van der Waals surface area contributed by atoms with Crippen molar-refractivity contribution in [2.24, 2.45) is 0 Å². The number of aromatic hydroxyl groups is 1. The normalized spacial score (nSPS) is 12.0. The summed E-state index contributed by atoms with van der Waals surface area (Å²) in [5.41, 5.74) is 0.920. The van der Waals surface area contributed by atoms with Crippen LogP contribution in [0.5, 0.6) is 5.75 Å². The second kappa shape index (κ2) is 5.32. The van der Waals surface area contributed by atoms with Gasteiger partial charge in [0.15, 0.2) is 4.73 Å². The molecule has 0 atom stereocenters. The smallest absolute Gasteiger partial charge is 0.389 e. The second-order valence-corrected chi connectivity index (χ2v) is 4.79. The molecule has 0 radical (unpaired) electrons. The molecule has 2 rings (SSSR count). The molecule has 0 aliphatic rings. The van der Waals surface area contributed by atoms with E-state index < -0.39 is 12.6 Å². The van der Waals surface area contributed by atoms with Crippen LogP contribution in [0.2, 0.25) is 0 Å². The highest BCUT2D eigenvalue weighted by Crippen LogP contribution is 2.29. The molecule has 1 heterocycles. The largest absolute Gasteiger partial charge is 0.507 e. The first kappa shape index (κ1) is 14.0. The van der Waals surface area contributed by atoms with Crippen LogP contribution in [0.4, 0.5) is 13.2 Å². The second-order valence-electron chi connectivity index (χ2n) is 4.08. The van der Waals surface area contributed by atoms with Gasteiger partial charge >= 0.3 is 6.18 Å². The van der Waals surface area contributed by atoms with Crippen molar-refractivity contribution in [3.63, 3.8) is 0 Å². The summed E-state index contributed by atoms with van der Waals surface area (Å²) in [6.45, 7) is 0. The third-order valence-electron chi connectivity index (χ3n) is 2.62. The van der Waals surface area contributed by atoms with Gasteiger partial charge in [0.25, 0.3) is 0 Å². The third-order valence-corrected chi connectivity index (χ3v) is 2.98. The Labute approximate surface area is 115 Å². The molecule has 7 heteroatoms. The number of fused-ring (bicyclic) bond motifs is 1. The van der Waals surface area contributed by atoms with Crippen LogP contribution in [0.1, 0.15) is 18.5 Å². The van der Waals surface area contributed by atoms with Gasteiger partial charge in [-0.25, -0.2) is 9.97 Å². The Morgan fingerprint density at radius 3 is 2.63 bits per heavy atom. The van der Waals surface area contributed by atoms with Crippen molar-refractivity contribution in [1.82, 2.24) is 9.97 Å². The number of aryl methyl sites for hydroxylation is 1. The maximum absolute atomic E-state index is 12.1. The minimum Gasteiger partial charge on any atom is -0.507 e. The predicted molar refractivity (Wildman–Crippen MR) is 67.9 cm³/mol. The Kier molecular flexibility index (Phi) is 3.93. The number of benzene rings is 1. The molecule has 0 fully saturated rings. The molecule has 0 aliphatic heterocycles. The SMILES string of the molecule is Oc1cccc2nc(Br)nc(CCCC(F)(F)F)c12. The first-order chi connectivity index (χ1) is 8.87. The zero-order valence-corrected chi connectivity index (χ0v) is 11.3. The summed E-state index contributed by atoms with van der Waals surface area (Å²) in [4.78, 5) is 8.14. The highest BCUT2D eigenvalue weighted by molar-refractivity contribution is 9.10. The maximum atomic E-state index is 12.1. The van der Waals surface area contributed by atoms with Crippen molar-refractivity contribution in [3.8, 4) is 5.75 Å². The van der Waals surface area contributed by atoms with Gasteiger partial charge in [-0.3, -0.25) is 0 Å². The Bertz CT molecular complexity index is 601. The molecule has 1 aromatic carbocycles. The number of halogens is 4. The van der Waals surface area contributed by atoms with Gasteiger partial charge in [-0.05, 0) is 40.9 Å². The summed E-state index contributed by atoms with van der Waals surface area (Å²) in [6, 6.07) is 4.76. The lowest BCUT2D eigenvalue weighted by atomic mass is 10.1. The molecule has 19 heavy (non-hydrogen) atoms. The Morgan fingerprint density at radius 1 is 1.21 bits per heavy atom. The van der Waals surface area contributed by atoms with Crippen LogP contribution in [0.3, 0.4) is 0 Å². The van der Waals surface area contributed by atoms with Gasteiger partial charge in [0, 0.05) is 6.42 Å². The van der Waals surface area contributed by atoms with Crippen molar-refractivity contribution in [2.75, 3.05) is 0 Å². The van der Waals surface area contributed by atoms with E-state index in [-0.39, 0.29) is 18.6 Å². The average Bonchev–Trinajstić information content (AvgIpc) is 2.26. The zero-order valence-electron chi connectivity index (χ0n) is 9.71. The zero-order chi connectivity index (χ0) is 14.0. The van der Waals surface area contributed by atoms with Gasteiger partial charge in [-0.15, -0.1) is 0 Å². The van der Waals surface area contributed by atoms with Gasteiger partial charge in [0.2, 0.25) is 0 Å². The summed E-state index contributed by atoms with van der Waals surface area (Å²) < 4.78 is 36.7. The highest BCUT2D eigenvalue weighted by Gasteiger charge is 2.26.